The Hall–Kier alpha value is -1.30. The third kappa shape index (κ3) is 3.89. The quantitative estimate of drug-likeness (QED) is 0.781. The standard InChI is InChI=1S/C11H16F3N3/c1-3-17(4-2)6-5-15-11-9(13)7-8(12)10(14)16-11/h7H,3-6H2,1-2H3,(H,15,16). The van der Waals surface area contributed by atoms with E-state index in [1.807, 2.05) is 13.8 Å². The molecule has 0 aliphatic heterocycles. The molecule has 96 valence electrons. The van der Waals surface area contributed by atoms with Crippen molar-refractivity contribution in [3.63, 3.8) is 0 Å². The Kier molecular flexibility index (Phi) is 5.21. The summed E-state index contributed by atoms with van der Waals surface area (Å²) in [4.78, 5) is 5.29. The van der Waals surface area contributed by atoms with E-state index in [0.29, 0.717) is 19.2 Å². The molecule has 1 aromatic rings. The van der Waals surface area contributed by atoms with E-state index >= 15 is 0 Å². The first-order valence-electron chi connectivity index (χ1n) is 5.56. The molecule has 0 radical (unpaired) electrons. The number of rotatable bonds is 6. The molecule has 0 aliphatic rings. The Morgan fingerprint density at radius 1 is 1.18 bits per heavy atom. The van der Waals surface area contributed by atoms with Gasteiger partial charge in [-0.1, -0.05) is 13.8 Å². The summed E-state index contributed by atoms with van der Waals surface area (Å²) in [5.74, 6) is -3.71. The summed E-state index contributed by atoms with van der Waals surface area (Å²) >= 11 is 0. The van der Waals surface area contributed by atoms with Crippen molar-refractivity contribution in [2.24, 2.45) is 0 Å². The third-order valence-electron chi connectivity index (χ3n) is 2.50. The highest BCUT2D eigenvalue weighted by molar-refractivity contribution is 5.36. The van der Waals surface area contributed by atoms with Crippen molar-refractivity contribution in [2.45, 2.75) is 13.8 Å². The van der Waals surface area contributed by atoms with Crippen molar-refractivity contribution < 1.29 is 13.2 Å². The van der Waals surface area contributed by atoms with Gasteiger partial charge >= 0.3 is 0 Å². The zero-order valence-electron chi connectivity index (χ0n) is 9.93. The van der Waals surface area contributed by atoms with E-state index in [2.05, 4.69) is 15.2 Å². The summed E-state index contributed by atoms with van der Waals surface area (Å²) in [6.45, 7) is 6.90. The van der Waals surface area contributed by atoms with Crippen LogP contribution in [0.3, 0.4) is 0 Å². The Morgan fingerprint density at radius 2 is 1.82 bits per heavy atom. The van der Waals surface area contributed by atoms with Gasteiger partial charge in [0, 0.05) is 19.2 Å². The molecule has 6 heteroatoms. The van der Waals surface area contributed by atoms with E-state index in [1.165, 1.54) is 0 Å². The van der Waals surface area contributed by atoms with E-state index in [-0.39, 0.29) is 5.82 Å². The first-order valence-corrected chi connectivity index (χ1v) is 5.56. The third-order valence-corrected chi connectivity index (χ3v) is 2.50. The molecule has 1 heterocycles. The van der Waals surface area contributed by atoms with Gasteiger partial charge in [0.25, 0.3) is 5.95 Å². The minimum absolute atomic E-state index is 0.254. The molecule has 1 N–H and O–H groups in total. The van der Waals surface area contributed by atoms with Crippen LogP contribution >= 0.6 is 0 Å². The second-order valence-corrected chi connectivity index (χ2v) is 3.55. The van der Waals surface area contributed by atoms with Gasteiger partial charge < -0.3 is 10.2 Å². The first kappa shape index (κ1) is 13.8. The average molecular weight is 247 g/mol. The van der Waals surface area contributed by atoms with Crippen molar-refractivity contribution in [1.82, 2.24) is 9.88 Å². The minimum Gasteiger partial charge on any atom is -0.366 e. The second-order valence-electron chi connectivity index (χ2n) is 3.55. The summed E-state index contributed by atoms with van der Waals surface area (Å²) < 4.78 is 38.6. The summed E-state index contributed by atoms with van der Waals surface area (Å²) in [5, 5.41) is 2.65. The van der Waals surface area contributed by atoms with Crippen LogP contribution in [0.2, 0.25) is 0 Å². The second kappa shape index (κ2) is 6.44. The number of hydrogen-bond donors (Lipinski definition) is 1. The zero-order chi connectivity index (χ0) is 12.8. The Balaban J connectivity index is 2.55. The highest BCUT2D eigenvalue weighted by Crippen LogP contribution is 2.13. The first-order chi connectivity index (χ1) is 8.08. The molecule has 3 nitrogen and oxygen atoms in total. The molecule has 0 aliphatic carbocycles. The molecule has 0 saturated carbocycles. The molecule has 0 saturated heterocycles. The molecule has 0 bridgehead atoms. The highest BCUT2D eigenvalue weighted by Gasteiger charge is 2.11. The molecule has 0 aromatic carbocycles. The lowest BCUT2D eigenvalue weighted by atomic mass is 10.4. The monoisotopic (exact) mass is 247 g/mol. The highest BCUT2D eigenvalue weighted by atomic mass is 19.2. The topological polar surface area (TPSA) is 28.2 Å². The summed E-state index contributed by atoms with van der Waals surface area (Å²) in [5.41, 5.74) is 0. The molecule has 0 amide bonds. The number of pyridine rings is 1. The normalized spacial score (nSPS) is 10.9. The van der Waals surface area contributed by atoms with Crippen LogP contribution in [-0.4, -0.2) is 36.1 Å². The van der Waals surface area contributed by atoms with Crippen molar-refractivity contribution in [1.29, 1.82) is 0 Å². The van der Waals surface area contributed by atoms with Gasteiger partial charge in [-0.15, -0.1) is 0 Å². The summed E-state index contributed by atoms with van der Waals surface area (Å²) in [7, 11) is 0. The van der Waals surface area contributed by atoms with E-state index in [9.17, 15) is 13.2 Å². The Labute approximate surface area is 98.6 Å². The Morgan fingerprint density at radius 3 is 2.41 bits per heavy atom. The minimum atomic E-state index is -1.29. The van der Waals surface area contributed by atoms with Crippen LogP contribution in [-0.2, 0) is 0 Å². The molecule has 17 heavy (non-hydrogen) atoms. The average Bonchev–Trinajstić information content (AvgIpc) is 2.31. The maximum Gasteiger partial charge on any atom is 0.251 e. The number of likely N-dealkylation sites (N-methyl/N-ethyl adjacent to an activating group) is 1. The number of nitrogens with one attached hydrogen (secondary N) is 1. The fraction of sp³-hybridized carbons (Fsp3) is 0.545. The molecule has 1 rings (SSSR count). The molecule has 0 atom stereocenters. The van der Waals surface area contributed by atoms with E-state index in [0.717, 1.165) is 13.1 Å². The maximum absolute atomic E-state index is 13.2. The van der Waals surface area contributed by atoms with Gasteiger partial charge in [0.1, 0.15) is 0 Å². The van der Waals surface area contributed by atoms with Gasteiger partial charge in [-0.3, -0.25) is 0 Å². The van der Waals surface area contributed by atoms with Crippen LogP contribution in [0.4, 0.5) is 19.0 Å². The smallest absolute Gasteiger partial charge is 0.251 e. The fourth-order valence-electron chi connectivity index (χ4n) is 1.44. The molecule has 0 spiro atoms. The largest absolute Gasteiger partial charge is 0.366 e. The van der Waals surface area contributed by atoms with Gasteiger partial charge in [-0.05, 0) is 13.1 Å². The van der Waals surface area contributed by atoms with Crippen molar-refractivity contribution in [3.05, 3.63) is 23.6 Å². The van der Waals surface area contributed by atoms with Crippen LogP contribution < -0.4 is 5.32 Å². The zero-order valence-corrected chi connectivity index (χ0v) is 9.93. The number of anilines is 1. The molecule has 1 aromatic heterocycles. The van der Waals surface area contributed by atoms with Crippen LogP contribution in [0.15, 0.2) is 6.07 Å². The number of hydrogen-bond acceptors (Lipinski definition) is 3. The van der Waals surface area contributed by atoms with Gasteiger partial charge in [0.05, 0.1) is 0 Å². The molecule has 0 unspecified atom stereocenters. The maximum atomic E-state index is 13.2. The van der Waals surface area contributed by atoms with Crippen molar-refractivity contribution in [3.8, 4) is 0 Å². The van der Waals surface area contributed by atoms with E-state index in [4.69, 9.17) is 0 Å². The SMILES string of the molecule is CCN(CC)CCNc1nc(F)c(F)cc1F. The predicted molar refractivity (Wildman–Crippen MR) is 60.4 cm³/mol. The fourth-order valence-corrected chi connectivity index (χ4v) is 1.44. The van der Waals surface area contributed by atoms with E-state index < -0.39 is 17.6 Å². The lowest BCUT2D eigenvalue weighted by Gasteiger charge is -2.18. The Bertz CT molecular complexity index is 367. The summed E-state index contributed by atoms with van der Waals surface area (Å²) in [6, 6.07) is 0.488. The molecular weight excluding hydrogens is 231 g/mol. The number of aromatic nitrogens is 1. The van der Waals surface area contributed by atoms with Gasteiger partial charge in [-0.25, -0.2) is 8.78 Å². The molecule has 0 fully saturated rings. The lowest BCUT2D eigenvalue weighted by molar-refractivity contribution is 0.315. The lowest BCUT2D eigenvalue weighted by Crippen LogP contribution is -2.29. The van der Waals surface area contributed by atoms with Gasteiger partial charge in [0.2, 0.25) is 0 Å². The van der Waals surface area contributed by atoms with Gasteiger partial charge in [0.15, 0.2) is 17.5 Å². The van der Waals surface area contributed by atoms with Crippen LogP contribution in [0.1, 0.15) is 13.8 Å². The van der Waals surface area contributed by atoms with Gasteiger partial charge in [-0.2, -0.15) is 9.37 Å². The number of halogens is 3. The molecular formula is C11H16F3N3. The summed E-state index contributed by atoms with van der Waals surface area (Å²) in [6.07, 6.45) is 0. The predicted octanol–water partition coefficient (Wildman–Crippen LogP) is 2.25. The van der Waals surface area contributed by atoms with Crippen molar-refractivity contribution in [2.75, 3.05) is 31.5 Å². The van der Waals surface area contributed by atoms with Crippen molar-refractivity contribution >= 4 is 5.82 Å². The van der Waals surface area contributed by atoms with E-state index in [1.54, 1.807) is 0 Å². The van der Waals surface area contributed by atoms with Crippen LogP contribution in [0.25, 0.3) is 0 Å². The van der Waals surface area contributed by atoms with Crippen LogP contribution in [0.5, 0.6) is 0 Å². The number of nitrogens with zero attached hydrogens (tertiary/aromatic N) is 2. The van der Waals surface area contributed by atoms with Crippen LogP contribution in [0, 0.1) is 17.6 Å².